The molecular formula is C24H21NO3S. The van der Waals surface area contributed by atoms with Crippen LogP contribution in [0.3, 0.4) is 0 Å². The third-order valence-electron chi connectivity index (χ3n) is 4.55. The average molecular weight is 404 g/mol. The third kappa shape index (κ3) is 4.30. The fourth-order valence-corrected chi connectivity index (χ4v) is 4.51. The molecule has 1 N–H and O–H groups in total. The lowest BCUT2D eigenvalue weighted by Crippen LogP contribution is -2.06. The molecule has 0 amide bonds. The normalized spacial score (nSPS) is 11.1. The van der Waals surface area contributed by atoms with Crippen molar-refractivity contribution in [3.63, 3.8) is 0 Å². The van der Waals surface area contributed by atoms with Crippen LogP contribution < -0.4 is 4.74 Å². The summed E-state index contributed by atoms with van der Waals surface area (Å²) in [5.74, 6) is -0.274. The van der Waals surface area contributed by atoms with E-state index in [1.807, 2.05) is 50.4 Å². The summed E-state index contributed by atoms with van der Waals surface area (Å²) in [6.07, 6.45) is 2.76. The number of thiophene rings is 1. The molecule has 2 aromatic heterocycles. The molecule has 146 valence electrons. The van der Waals surface area contributed by atoms with Gasteiger partial charge < -0.3 is 9.84 Å². The number of rotatable bonds is 6. The number of hydrogen-bond donors (Lipinski definition) is 1. The first-order chi connectivity index (χ1) is 14.0. The molecule has 0 atom stereocenters. The smallest absolute Gasteiger partial charge is 0.335 e. The number of ether oxygens (including phenoxy) is 1. The van der Waals surface area contributed by atoms with E-state index in [-0.39, 0.29) is 6.10 Å². The van der Waals surface area contributed by atoms with E-state index in [9.17, 15) is 9.90 Å². The van der Waals surface area contributed by atoms with Crippen molar-refractivity contribution in [1.29, 1.82) is 0 Å². The van der Waals surface area contributed by atoms with Crippen molar-refractivity contribution in [2.24, 2.45) is 0 Å². The lowest BCUT2D eigenvalue weighted by atomic mass is 10.0. The Morgan fingerprint density at radius 1 is 1.10 bits per heavy atom. The Balaban J connectivity index is 1.64. The van der Waals surface area contributed by atoms with Gasteiger partial charge in [-0.05, 0) is 54.1 Å². The van der Waals surface area contributed by atoms with Crippen LogP contribution in [0.1, 0.15) is 34.6 Å². The molecule has 4 nitrogen and oxygen atoms in total. The summed E-state index contributed by atoms with van der Waals surface area (Å²) < 4.78 is 6.77. The molecule has 0 bridgehead atoms. The average Bonchev–Trinajstić information content (AvgIpc) is 3.11. The van der Waals surface area contributed by atoms with E-state index >= 15 is 0 Å². The van der Waals surface area contributed by atoms with Gasteiger partial charge in [0.2, 0.25) is 5.88 Å². The van der Waals surface area contributed by atoms with Gasteiger partial charge in [0.25, 0.3) is 0 Å². The van der Waals surface area contributed by atoms with E-state index in [4.69, 9.17) is 4.74 Å². The predicted molar refractivity (Wildman–Crippen MR) is 117 cm³/mol. The minimum Gasteiger partial charge on any atom is -0.478 e. The van der Waals surface area contributed by atoms with Crippen LogP contribution in [0.5, 0.6) is 5.88 Å². The summed E-state index contributed by atoms with van der Waals surface area (Å²) in [7, 11) is 0. The van der Waals surface area contributed by atoms with E-state index in [0.717, 1.165) is 33.2 Å². The highest BCUT2D eigenvalue weighted by Crippen LogP contribution is 2.36. The Labute approximate surface area is 173 Å². The number of carbonyl (C=O) groups is 1. The third-order valence-corrected chi connectivity index (χ3v) is 5.73. The van der Waals surface area contributed by atoms with Gasteiger partial charge in [-0.15, -0.1) is 11.3 Å². The number of aromatic nitrogens is 1. The van der Waals surface area contributed by atoms with Crippen LogP contribution in [-0.2, 0) is 6.42 Å². The van der Waals surface area contributed by atoms with Crippen molar-refractivity contribution >= 4 is 27.4 Å². The van der Waals surface area contributed by atoms with Gasteiger partial charge in [-0.2, -0.15) is 0 Å². The molecule has 4 aromatic rings. The number of benzene rings is 2. The first-order valence-electron chi connectivity index (χ1n) is 9.46. The number of hydrogen-bond acceptors (Lipinski definition) is 4. The SMILES string of the molecule is CC(C)Oc1ccc(Cc2cc3cccc(-c4cccc(C(=O)O)c4)c3s2)cn1. The lowest BCUT2D eigenvalue weighted by Gasteiger charge is -2.08. The van der Waals surface area contributed by atoms with Crippen LogP contribution in [0.2, 0.25) is 0 Å². The van der Waals surface area contributed by atoms with Gasteiger partial charge in [-0.1, -0.05) is 36.4 Å². The molecule has 0 saturated carbocycles. The molecule has 0 unspecified atom stereocenters. The standard InChI is InChI=1S/C24H21NO3S/c1-15(2)28-22-10-9-16(14-25-22)11-20-13-18-6-4-8-21(23(18)29-20)17-5-3-7-19(12-17)24(26)27/h3-10,12-15H,11H2,1-2H3,(H,26,27). The Kier molecular flexibility index (Phi) is 5.32. The molecule has 29 heavy (non-hydrogen) atoms. The highest BCUT2D eigenvalue weighted by molar-refractivity contribution is 7.19. The highest BCUT2D eigenvalue weighted by atomic mass is 32.1. The van der Waals surface area contributed by atoms with Crippen LogP contribution >= 0.6 is 11.3 Å². The number of carboxylic acid groups (broad SMARTS) is 1. The van der Waals surface area contributed by atoms with Gasteiger partial charge in [0.15, 0.2) is 0 Å². The zero-order valence-corrected chi connectivity index (χ0v) is 17.1. The topological polar surface area (TPSA) is 59.4 Å². The molecule has 0 aliphatic heterocycles. The summed E-state index contributed by atoms with van der Waals surface area (Å²) in [6.45, 7) is 3.97. The van der Waals surface area contributed by atoms with Gasteiger partial charge in [-0.3, -0.25) is 0 Å². The summed E-state index contributed by atoms with van der Waals surface area (Å²) in [6, 6.07) is 19.4. The second kappa shape index (κ2) is 8.05. The maximum absolute atomic E-state index is 11.3. The van der Waals surface area contributed by atoms with Crippen molar-refractivity contribution < 1.29 is 14.6 Å². The Bertz CT molecular complexity index is 1160. The van der Waals surface area contributed by atoms with E-state index in [0.29, 0.717) is 11.4 Å². The minimum atomic E-state index is -0.914. The zero-order valence-electron chi connectivity index (χ0n) is 16.3. The Hall–Kier alpha value is -3.18. The fourth-order valence-electron chi connectivity index (χ4n) is 3.28. The van der Waals surface area contributed by atoms with Gasteiger partial charge in [-0.25, -0.2) is 9.78 Å². The Morgan fingerprint density at radius 2 is 1.93 bits per heavy atom. The van der Waals surface area contributed by atoms with Gasteiger partial charge >= 0.3 is 5.97 Å². The van der Waals surface area contributed by atoms with Crippen molar-refractivity contribution in [2.75, 3.05) is 0 Å². The van der Waals surface area contributed by atoms with Crippen LogP contribution in [0.15, 0.2) is 66.9 Å². The number of aromatic carboxylic acids is 1. The number of carboxylic acids is 1. The molecule has 0 saturated heterocycles. The maximum atomic E-state index is 11.3. The predicted octanol–water partition coefficient (Wildman–Crippen LogP) is 6.04. The Morgan fingerprint density at radius 3 is 2.66 bits per heavy atom. The van der Waals surface area contributed by atoms with Crippen molar-refractivity contribution in [3.05, 3.63) is 82.9 Å². The van der Waals surface area contributed by atoms with Crippen LogP contribution in [0.25, 0.3) is 21.2 Å². The van der Waals surface area contributed by atoms with Gasteiger partial charge in [0.05, 0.1) is 11.7 Å². The molecular weight excluding hydrogens is 382 g/mol. The maximum Gasteiger partial charge on any atom is 0.335 e. The molecule has 0 aliphatic rings. The van der Waals surface area contributed by atoms with Crippen LogP contribution in [-0.4, -0.2) is 22.2 Å². The van der Waals surface area contributed by atoms with Crippen LogP contribution in [0.4, 0.5) is 0 Å². The number of fused-ring (bicyclic) bond motifs is 1. The van der Waals surface area contributed by atoms with Crippen molar-refractivity contribution in [3.8, 4) is 17.0 Å². The zero-order chi connectivity index (χ0) is 20.4. The summed E-state index contributed by atoms with van der Waals surface area (Å²) in [5, 5.41) is 10.5. The van der Waals surface area contributed by atoms with Crippen LogP contribution in [0, 0.1) is 0 Å². The monoisotopic (exact) mass is 403 g/mol. The first kappa shape index (κ1) is 19.2. The highest BCUT2D eigenvalue weighted by Gasteiger charge is 2.11. The van der Waals surface area contributed by atoms with Crippen molar-refractivity contribution in [1.82, 2.24) is 4.98 Å². The summed E-state index contributed by atoms with van der Waals surface area (Å²) in [5.41, 5.74) is 3.40. The molecule has 2 heterocycles. The molecule has 0 radical (unpaired) electrons. The molecule has 4 rings (SSSR count). The first-order valence-corrected chi connectivity index (χ1v) is 10.3. The molecule has 2 aromatic carbocycles. The lowest BCUT2D eigenvalue weighted by molar-refractivity contribution is 0.0697. The second-order valence-electron chi connectivity index (χ2n) is 7.17. The van der Waals surface area contributed by atoms with Gasteiger partial charge in [0, 0.05) is 28.3 Å². The second-order valence-corrected chi connectivity index (χ2v) is 8.31. The molecule has 0 spiro atoms. The largest absolute Gasteiger partial charge is 0.478 e. The molecule has 5 heteroatoms. The van der Waals surface area contributed by atoms with E-state index in [1.54, 1.807) is 29.5 Å². The van der Waals surface area contributed by atoms with Crippen molar-refractivity contribution in [2.45, 2.75) is 26.4 Å². The summed E-state index contributed by atoms with van der Waals surface area (Å²) in [4.78, 5) is 17.0. The van der Waals surface area contributed by atoms with E-state index in [2.05, 4.69) is 17.1 Å². The molecule has 0 fully saturated rings. The quantitative estimate of drug-likeness (QED) is 0.426. The molecule has 0 aliphatic carbocycles. The number of pyridine rings is 1. The fraction of sp³-hybridized carbons (Fsp3) is 0.167. The van der Waals surface area contributed by atoms with E-state index in [1.165, 1.54) is 4.88 Å². The van der Waals surface area contributed by atoms with E-state index < -0.39 is 5.97 Å². The van der Waals surface area contributed by atoms with Gasteiger partial charge in [0.1, 0.15) is 0 Å². The number of nitrogens with zero attached hydrogens (tertiary/aromatic N) is 1. The minimum absolute atomic E-state index is 0.106. The summed E-state index contributed by atoms with van der Waals surface area (Å²) >= 11 is 1.74.